The zero-order valence-corrected chi connectivity index (χ0v) is 8.22. The molecule has 0 atom stereocenters. The molecule has 0 aliphatic carbocycles. The van der Waals surface area contributed by atoms with Gasteiger partial charge in [-0.1, -0.05) is 24.3 Å². The molecule has 0 saturated heterocycles. The molecule has 0 heterocycles. The SMILES string of the molecule is Fc1[c]cc2ccc3c(F)[c]ccc3c2c1. The highest BCUT2D eigenvalue weighted by Gasteiger charge is 2.05. The van der Waals surface area contributed by atoms with E-state index in [1.165, 1.54) is 12.1 Å². The second-order valence-electron chi connectivity index (χ2n) is 3.60. The predicted octanol–water partition coefficient (Wildman–Crippen LogP) is 3.87. The van der Waals surface area contributed by atoms with Crippen molar-refractivity contribution in [2.45, 2.75) is 0 Å². The second kappa shape index (κ2) is 3.27. The molecular weight excluding hydrogens is 206 g/mol. The Morgan fingerprint density at radius 1 is 0.875 bits per heavy atom. The van der Waals surface area contributed by atoms with Gasteiger partial charge in [-0.2, -0.15) is 0 Å². The van der Waals surface area contributed by atoms with Gasteiger partial charge in [-0.25, -0.2) is 8.78 Å². The first-order valence-corrected chi connectivity index (χ1v) is 4.85. The van der Waals surface area contributed by atoms with E-state index in [4.69, 9.17) is 0 Å². The third-order valence-corrected chi connectivity index (χ3v) is 2.65. The van der Waals surface area contributed by atoms with Gasteiger partial charge in [-0.05, 0) is 28.3 Å². The quantitative estimate of drug-likeness (QED) is 0.496. The molecular formula is C14H6F2. The van der Waals surface area contributed by atoms with E-state index in [1.807, 2.05) is 0 Å². The minimum Gasteiger partial charge on any atom is -0.206 e. The van der Waals surface area contributed by atoms with Gasteiger partial charge in [0, 0.05) is 17.5 Å². The first-order valence-electron chi connectivity index (χ1n) is 4.85. The summed E-state index contributed by atoms with van der Waals surface area (Å²) in [7, 11) is 0. The lowest BCUT2D eigenvalue weighted by Crippen LogP contribution is -1.83. The van der Waals surface area contributed by atoms with Crippen LogP contribution >= 0.6 is 0 Å². The van der Waals surface area contributed by atoms with Gasteiger partial charge in [0.2, 0.25) is 0 Å². The zero-order chi connectivity index (χ0) is 11.1. The summed E-state index contributed by atoms with van der Waals surface area (Å²) in [4.78, 5) is 0. The standard InChI is InChI=1S/C14H6F2/c15-10-6-4-9-5-7-12-11(13(9)8-10)2-1-3-14(12)16/h1-2,4-5,7-8H. The number of halogens is 2. The topological polar surface area (TPSA) is 0 Å². The van der Waals surface area contributed by atoms with Gasteiger partial charge < -0.3 is 0 Å². The van der Waals surface area contributed by atoms with E-state index in [-0.39, 0.29) is 0 Å². The molecule has 0 unspecified atom stereocenters. The first kappa shape index (κ1) is 9.28. The Morgan fingerprint density at radius 3 is 2.62 bits per heavy atom. The number of benzene rings is 3. The Morgan fingerprint density at radius 2 is 1.75 bits per heavy atom. The average Bonchev–Trinajstić information content (AvgIpc) is 2.29. The zero-order valence-electron chi connectivity index (χ0n) is 8.22. The minimum absolute atomic E-state index is 0.410. The molecule has 0 aliphatic heterocycles. The number of rotatable bonds is 0. The van der Waals surface area contributed by atoms with E-state index in [2.05, 4.69) is 12.1 Å². The monoisotopic (exact) mass is 212 g/mol. The minimum atomic E-state index is -0.437. The van der Waals surface area contributed by atoms with Gasteiger partial charge in [0.15, 0.2) is 0 Å². The van der Waals surface area contributed by atoms with Crippen LogP contribution in [0.1, 0.15) is 0 Å². The highest BCUT2D eigenvalue weighted by Crippen LogP contribution is 2.27. The maximum Gasteiger partial charge on any atom is 0.138 e. The summed E-state index contributed by atoms with van der Waals surface area (Å²) in [6.07, 6.45) is 0. The molecule has 0 nitrogen and oxygen atoms in total. The van der Waals surface area contributed by atoms with Crippen LogP contribution < -0.4 is 0 Å². The van der Waals surface area contributed by atoms with E-state index < -0.39 is 11.6 Å². The maximum absolute atomic E-state index is 13.5. The fourth-order valence-corrected chi connectivity index (χ4v) is 1.90. The van der Waals surface area contributed by atoms with Crippen molar-refractivity contribution in [1.82, 2.24) is 0 Å². The van der Waals surface area contributed by atoms with Gasteiger partial charge in [-0.15, -0.1) is 0 Å². The van der Waals surface area contributed by atoms with Crippen LogP contribution in [0.15, 0.2) is 36.4 Å². The summed E-state index contributed by atoms with van der Waals surface area (Å²) in [5.74, 6) is -0.846. The Balaban J connectivity index is 2.58. The predicted molar refractivity (Wildman–Crippen MR) is 59.0 cm³/mol. The molecule has 3 aromatic carbocycles. The molecule has 0 amide bonds. The van der Waals surface area contributed by atoms with Crippen molar-refractivity contribution in [3.05, 3.63) is 60.2 Å². The summed E-state index contributed by atoms with van der Waals surface area (Å²) in [5.41, 5.74) is 0. The summed E-state index contributed by atoms with van der Waals surface area (Å²) in [6.45, 7) is 0. The molecule has 16 heavy (non-hydrogen) atoms. The largest absolute Gasteiger partial charge is 0.206 e. The molecule has 76 valence electrons. The molecule has 0 bridgehead atoms. The van der Waals surface area contributed by atoms with Crippen LogP contribution in [-0.2, 0) is 0 Å². The van der Waals surface area contributed by atoms with E-state index in [0.717, 1.165) is 5.39 Å². The summed E-state index contributed by atoms with van der Waals surface area (Å²) in [5, 5.41) is 2.70. The van der Waals surface area contributed by atoms with Crippen molar-refractivity contribution >= 4 is 21.5 Å². The van der Waals surface area contributed by atoms with Crippen LogP contribution in [0.4, 0.5) is 8.78 Å². The van der Waals surface area contributed by atoms with Crippen molar-refractivity contribution in [3.8, 4) is 0 Å². The highest BCUT2D eigenvalue weighted by molar-refractivity contribution is 6.07. The van der Waals surface area contributed by atoms with Gasteiger partial charge in [0.1, 0.15) is 11.6 Å². The molecule has 0 spiro atoms. The smallest absolute Gasteiger partial charge is 0.138 e. The molecule has 0 fully saturated rings. The van der Waals surface area contributed by atoms with Crippen molar-refractivity contribution < 1.29 is 8.78 Å². The average molecular weight is 212 g/mol. The molecule has 0 N–H and O–H groups in total. The fourth-order valence-electron chi connectivity index (χ4n) is 1.90. The Labute approximate surface area is 91.1 Å². The molecule has 0 aliphatic rings. The van der Waals surface area contributed by atoms with Crippen LogP contribution in [0, 0.1) is 23.8 Å². The van der Waals surface area contributed by atoms with Crippen LogP contribution in [-0.4, -0.2) is 0 Å². The Bertz CT molecular complexity index is 687. The Hall–Kier alpha value is -1.96. The van der Waals surface area contributed by atoms with Gasteiger partial charge in [-0.3, -0.25) is 0 Å². The second-order valence-corrected chi connectivity index (χ2v) is 3.60. The summed E-state index contributed by atoms with van der Waals surface area (Å²) < 4.78 is 26.6. The van der Waals surface area contributed by atoms with Crippen molar-refractivity contribution in [2.24, 2.45) is 0 Å². The van der Waals surface area contributed by atoms with E-state index in [1.54, 1.807) is 24.3 Å². The van der Waals surface area contributed by atoms with Crippen LogP contribution in [0.25, 0.3) is 21.5 Å². The fraction of sp³-hybridized carbons (Fsp3) is 0. The summed E-state index contributed by atoms with van der Waals surface area (Å²) in [6, 6.07) is 14.6. The third-order valence-electron chi connectivity index (χ3n) is 2.65. The van der Waals surface area contributed by atoms with Crippen molar-refractivity contribution in [2.75, 3.05) is 0 Å². The van der Waals surface area contributed by atoms with Gasteiger partial charge in [0.25, 0.3) is 0 Å². The molecule has 3 aromatic rings. The normalized spacial score (nSPS) is 11.1. The molecule has 0 saturated carbocycles. The van der Waals surface area contributed by atoms with Crippen LogP contribution in [0.3, 0.4) is 0 Å². The van der Waals surface area contributed by atoms with Crippen LogP contribution in [0.2, 0.25) is 0 Å². The maximum atomic E-state index is 13.5. The number of hydrogen-bond donors (Lipinski definition) is 0. The van der Waals surface area contributed by atoms with Gasteiger partial charge >= 0.3 is 0 Å². The molecule has 3 rings (SSSR count). The Kier molecular flexibility index (Phi) is 1.90. The molecule has 2 radical (unpaired) electrons. The van der Waals surface area contributed by atoms with E-state index in [0.29, 0.717) is 16.2 Å². The number of fused-ring (bicyclic) bond motifs is 3. The van der Waals surface area contributed by atoms with Crippen molar-refractivity contribution in [1.29, 1.82) is 0 Å². The first-order chi connectivity index (χ1) is 7.75. The lowest BCUT2D eigenvalue weighted by molar-refractivity contribution is 0.627. The van der Waals surface area contributed by atoms with Crippen molar-refractivity contribution in [3.63, 3.8) is 0 Å². The lowest BCUT2D eigenvalue weighted by atomic mass is 10.0. The van der Waals surface area contributed by atoms with Crippen LogP contribution in [0.5, 0.6) is 0 Å². The molecule has 2 heteroatoms. The highest BCUT2D eigenvalue weighted by atomic mass is 19.1. The summed E-state index contributed by atoms with van der Waals surface area (Å²) >= 11 is 0. The third kappa shape index (κ3) is 1.27. The lowest BCUT2D eigenvalue weighted by Gasteiger charge is -2.04. The number of hydrogen-bond acceptors (Lipinski definition) is 0. The van der Waals surface area contributed by atoms with E-state index >= 15 is 0 Å². The van der Waals surface area contributed by atoms with Gasteiger partial charge in [0.05, 0.1) is 0 Å². The van der Waals surface area contributed by atoms with E-state index in [9.17, 15) is 8.78 Å². The molecule has 0 aromatic heterocycles.